The molecule has 2 unspecified atom stereocenters. The third-order valence-electron chi connectivity index (χ3n) is 4.02. The molecule has 0 spiro atoms. The van der Waals surface area contributed by atoms with Crippen LogP contribution in [0, 0.1) is 5.92 Å². The van der Waals surface area contributed by atoms with Crippen LogP contribution in [-0.4, -0.2) is 22.7 Å². The van der Waals surface area contributed by atoms with Gasteiger partial charge < -0.3 is 14.3 Å². The number of hydrogen-bond acceptors (Lipinski definition) is 5. The molecule has 1 aliphatic carbocycles. The monoisotopic (exact) mass is 275 g/mol. The molecule has 2 atom stereocenters. The van der Waals surface area contributed by atoms with Gasteiger partial charge in [-0.3, -0.25) is 0 Å². The summed E-state index contributed by atoms with van der Waals surface area (Å²) in [5, 5.41) is 7.58. The molecule has 5 heteroatoms. The summed E-state index contributed by atoms with van der Waals surface area (Å²) in [6.45, 7) is 3.18. The van der Waals surface area contributed by atoms with Gasteiger partial charge in [0.05, 0.1) is 6.26 Å². The fourth-order valence-electron chi connectivity index (χ4n) is 3.05. The van der Waals surface area contributed by atoms with E-state index in [0.717, 1.165) is 13.0 Å². The standard InChI is InChI=1S/C15H21N3O2/c1-2-16-12-7-4-3-6-11(12)10-14-17-15(18-20-14)13-8-5-9-19-13/h5,8-9,11-12,16H,2-4,6-7,10H2,1H3. The number of hydrogen-bond donors (Lipinski definition) is 1. The Morgan fingerprint density at radius 2 is 2.25 bits per heavy atom. The summed E-state index contributed by atoms with van der Waals surface area (Å²) in [6.07, 6.45) is 7.56. The van der Waals surface area contributed by atoms with Crippen molar-refractivity contribution in [2.75, 3.05) is 6.54 Å². The predicted octanol–water partition coefficient (Wildman–Crippen LogP) is 3.04. The quantitative estimate of drug-likeness (QED) is 0.908. The van der Waals surface area contributed by atoms with Crippen LogP contribution in [0.2, 0.25) is 0 Å². The Kier molecular flexibility index (Phi) is 4.16. The first-order valence-corrected chi connectivity index (χ1v) is 7.46. The highest BCUT2D eigenvalue weighted by atomic mass is 16.5. The lowest BCUT2D eigenvalue weighted by Crippen LogP contribution is -2.39. The van der Waals surface area contributed by atoms with Crippen molar-refractivity contribution in [3.63, 3.8) is 0 Å². The van der Waals surface area contributed by atoms with E-state index in [0.29, 0.717) is 29.4 Å². The fraction of sp³-hybridized carbons (Fsp3) is 0.600. The molecule has 1 N–H and O–H groups in total. The van der Waals surface area contributed by atoms with Crippen LogP contribution in [0.5, 0.6) is 0 Å². The van der Waals surface area contributed by atoms with E-state index >= 15 is 0 Å². The maximum atomic E-state index is 5.37. The fourth-order valence-corrected chi connectivity index (χ4v) is 3.05. The molecule has 1 fully saturated rings. The molecule has 0 saturated heterocycles. The van der Waals surface area contributed by atoms with Crippen molar-refractivity contribution in [3.8, 4) is 11.6 Å². The van der Waals surface area contributed by atoms with E-state index < -0.39 is 0 Å². The van der Waals surface area contributed by atoms with Gasteiger partial charge >= 0.3 is 0 Å². The molecule has 1 saturated carbocycles. The number of furan rings is 1. The Hall–Kier alpha value is -1.62. The maximum Gasteiger partial charge on any atom is 0.238 e. The van der Waals surface area contributed by atoms with E-state index in [9.17, 15) is 0 Å². The van der Waals surface area contributed by atoms with Crippen molar-refractivity contribution in [1.29, 1.82) is 0 Å². The van der Waals surface area contributed by atoms with Gasteiger partial charge in [0, 0.05) is 12.5 Å². The lowest BCUT2D eigenvalue weighted by Gasteiger charge is -2.31. The number of nitrogens with one attached hydrogen (secondary N) is 1. The molecular weight excluding hydrogens is 254 g/mol. The molecule has 0 aromatic carbocycles. The smallest absolute Gasteiger partial charge is 0.238 e. The molecule has 108 valence electrons. The van der Waals surface area contributed by atoms with E-state index in [1.807, 2.05) is 12.1 Å². The molecule has 1 aliphatic rings. The van der Waals surface area contributed by atoms with Crippen LogP contribution in [-0.2, 0) is 6.42 Å². The minimum absolute atomic E-state index is 0.542. The zero-order chi connectivity index (χ0) is 13.8. The summed E-state index contributed by atoms with van der Waals surface area (Å²) >= 11 is 0. The normalized spacial score (nSPS) is 23.1. The molecule has 5 nitrogen and oxygen atoms in total. The lowest BCUT2D eigenvalue weighted by molar-refractivity contribution is 0.242. The molecule has 2 heterocycles. The Bertz CT molecular complexity index is 519. The first kappa shape index (κ1) is 13.4. The van der Waals surface area contributed by atoms with Crippen molar-refractivity contribution in [3.05, 3.63) is 24.3 Å². The van der Waals surface area contributed by atoms with Crippen molar-refractivity contribution in [2.24, 2.45) is 5.92 Å². The summed E-state index contributed by atoms with van der Waals surface area (Å²) in [5.41, 5.74) is 0. The van der Waals surface area contributed by atoms with Crippen molar-refractivity contribution >= 4 is 0 Å². The molecule has 20 heavy (non-hydrogen) atoms. The average Bonchev–Trinajstić information content (AvgIpc) is 3.12. The third kappa shape index (κ3) is 2.93. The minimum Gasteiger partial charge on any atom is -0.461 e. The van der Waals surface area contributed by atoms with E-state index in [-0.39, 0.29) is 0 Å². The highest BCUT2D eigenvalue weighted by Gasteiger charge is 2.26. The second kappa shape index (κ2) is 6.22. The van der Waals surface area contributed by atoms with Gasteiger partial charge in [-0.2, -0.15) is 4.98 Å². The molecule has 0 aliphatic heterocycles. The Labute approximate surface area is 118 Å². The van der Waals surface area contributed by atoms with Crippen LogP contribution in [0.1, 0.15) is 38.5 Å². The van der Waals surface area contributed by atoms with E-state index in [2.05, 4.69) is 22.4 Å². The van der Waals surface area contributed by atoms with Crippen molar-refractivity contribution < 1.29 is 8.94 Å². The molecule has 3 rings (SSSR count). The SMILES string of the molecule is CCNC1CCCCC1Cc1nc(-c2ccco2)no1. The number of rotatable bonds is 5. The summed E-state index contributed by atoms with van der Waals surface area (Å²) < 4.78 is 10.7. The molecule has 0 radical (unpaired) electrons. The van der Waals surface area contributed by atoms with Gasteiger partial charge in [-0.05, 0) is 37.4 Å². The molecule has 2 aromatic rings. The van der Waals surface area contributed by atoms with Crippen LogP contribution < -0.4 is 5.32 Å². The van der Waals surface area contributed by atoms with Gasteiger partial charge in [0.15, 0.2) is 5.76 Å². The van der Waals surface area contributed by atoms with Crippen LogP contribution in [0.4, 0.5) is 0 Å². The third-order valence-corrected chi connectivity index (χ3v) is 4.02. The van der Waals surface area contributed by atoms with Crippen molar-refractivity contribution in [1.82, 2.24) is 15.5 Å². The van der Waals surface area contributed by atoms with Crippen LogP contribution in [0.15, 0.2) is 27.3 Å². The van der Waals surface area contributed by atoms with Crippen LogP contribution >= 0.6 is 0 Å². The summed E-state index contributed by atoms with van der Waals surface area (Å²) in [7, 11) is 0. The Morgan fingerprint density at radius 3 is 3.05 bits per heavy atom. The summed E-state index contributed by atoms with van der Waals surface area (Å²) in [4.78, 5) is 4.44. The minimum atomic E-state index is 0.542. The van der Waals surface area contributed by atoms with Gasteiger partial charge in [-0.15, -0.1) is 0 Å². The van der Waals surface area contributed by atoms with Crippen molar-refractivity contribution in [2.45, 2.75) is 45.1 Å². The van der Waals surface area contributed by atoms with Crippen LogP contribution in [0.3, 0.4) is 0 Å². The van der Waals surface area contributed by atoms with Gasteiger partial charge in [0.25, 0.3) is 0 Å². The van der Waals surface area contributed by atoms with Gasteiger partial charge in [0.1, 0.15) is 0 Å². The highest BCUT2D eigenvalue weighted by Crippen LogP contribution is 2.27. The maximum absolute atomic E-state index is 5.37. The summed E-state index contributed by atoms with van der Waals surface area (Å²) in [5.74, 6) is 2.51. The summed E-state index contributed by atoms with van der Waals surface area (Å²) in [6, 6.07) is 4.25. The van der Waals surface area contributed by atoms with Gasteiger partial charge in [0.2, 0.25) is 11.7 Å². The molecular formula is C15H21N3O2. The molecule has 0 bridgehead atoms. The number of aromatic nitrogens is 2. The number of nitrogens with zero attached hydrogens (tertiary/aromatic N) is 2. The Balaban J connectivity index is 1.67. The topological polar surface area (TPSA) is 64.1 Å². The molecule has 2 aromatic heterocycles. The van der Waals surface area contributed by atoms with Gasteiger partial charge in [-0.1, -0.05) is 24.9 Å². The molecule has 0 amide bonds. The van der Waals surface area contributed by atoms with E-state index in [1.165, 1.54) is 25.7 Å². The zero-order valence-electron chi connectivity index (χ0n) is 11.8. The van der Waals surface area contributed by atoms with E-state index in [4.69, 9.17) is 8.94 Å². The first-order chi connectivity index (χ1) is 9.86. The largest absolute Gasteiger partial charge is 0.461 e. The Morgan fingerprint density at radius 1 is 1.35 bits per heavy atom. The lowest BCUT2D eigenvalue weighted by atomic mass is 9.82. The van der Waals surface area contributed by atoms with Gasteiger partial charge in [-0.25, -0.2) is 0 Å². The zero-order valence-corrected chi connectivity index (χ0v) is 11.8. The first-order valence-electron chi connectivity index (χ1n) is 7.46. The highest BCUT2D eigenvalue weighted by molar-refractivity contribution is 5.44. The van der Waals surface area contributed by atoms with Crippen LogP contribution in [0.25, 0.3) is 11.6 Å². The second-order valence-corrected chi connectivity index (χ2v) is 5.40. The van der Waals surface area contributed by atoms with E-state index in [1.54, 1.807) is 6.26 Å². The predicted molar refractivity (Wildman–Crippen MR) is 75.1 cm³/mol. The average molecular weight is 275 g/mol. The second-order valence-electron chi connectivity index (χ2n) is 5.40.